The van der Waals surface area contributed by atoms with Crippen molar-refractivity contribution in [1.82, 2.24) is 4.90 Å². The summed E-state index contributed by atoms with van der Waals surface area (Å²) in [6.07, 6.45) is 4.91. The van der Waals surface area contributed by atoms with E-state index < -0.39 is 0 Å². The highest BCUT2D eigenvalue weighted by atomic mass is 35.5. The Morgan fingerprint density at radius 2 is 1.84 bits per heavy atom. The molecular formula is C15H21ClN2O. The first-order valence-electron chi connectivity index (χ1n) is 6.98. The molecule has 0 unspecified atom stereocenters. The Labute approximate surface area is 119 Å². The first kappa shape index (κ1) is 14.4. The molecule has 3 nitrogen and oxygen atoms in total. The summed E-state index contributed by atoms with van der Waals surface area (Å²) in [5.41, 5.74) is 0.691. The van der Waals surface area contributed by atoms with Gasteiger partial charge in [-0.3, -0.25) is 9.69 Å². The Morgan fingerprint density at radius 3 is 2.47 bits per heavy atom. The third-order valence-electron chi connectivity index (χ3n) is 3.70. The van der Waals surface area contributed by atoms with Gasteiger partial charge in [0.2, 0.25) is 5.91 Å². The molecule has 1 amide bonds. The number of likely N-dealkylation sites (tertiary alicyclic amines) is 1. The highest BCUT2D eigenvalue weighted by molar-refractivity contribution is 6.33. The molecule has 19 heavy (non-hydrogen) atoms. The molecule has 0 bridgehead atoms. The van der Waals surface area contributed by atoms with Crippen LogP contribution in [-0.4, -0.2) is 29.9 Å². The van der Waals surface area contributed by atoms with Crippen LogP contribution in [0.15, 0.2) is 24.3 Å². The van der Waals surface area contributed by atoms with E-state index in [1.807, 2.05) is 25.1 Å². The Hall–Kier alpha value is -1.06. The normalized spacial score (nSPS) is 18.6. The molecule has 2 rings (SSSR count). The van der Waals surface area contributed by atoms with Crippen LogP contribution in [0, 0.1) is 0 Å². The van der Waals surface area contributed by atoms with Gasteiger partial charge in [-0.25, -0.2) is 0 Å². The average molecular weight is 281 g/mol. The van der Waals surface area contributed by atoms with Crippen LogP contribution in [0.3, 0.4) is 0 Å². The van der Waals surface area contributed by atoms with Crippen LogP contribution in [0.25, 0.3) is 0 Å². The van der Waals surface area contributed by atoms with Crippen LogP contribution in [-0.2, 0) is 4.79 Å². The number of carbonyl (C=O) groups is 1. The van der Waals surface area contributed by atoms with E-state index in [4.69, 9.17) is 11.6 Å². The summed E-state index contributed by atoms with van der Waals surface area (Å²) < 4.78 is 0. The van der Waals surface area contributed by atoms with Crippen molar-refractivity contribution in [3.8, 4) is 0 Å². The molecule has 1 heterocycles. The summed E-state index contributed by atoms with van der Waals surface area (Å²) in [4.78, 5) is 14.5. The Balaban J connectivity index is 1.97. The van der Waals surface area contributed by atoms with Crippen molar-refractivity contribution in [2.24, 2.45) is 0 Å². The van der Waals surface area contributed by atoms with Gasteiger partial charge in [-0.2, -0.15) is 0 Å². The van der Waals surface area contributed by atoms with Gasteiger partial charge >= 0.3 is 0 Å². The van der Waals surface area contributed by atoms with Crippen LogP contribution in [0.5, 0.6) is 0 Å². The summed E-state index contributed by atoms with van der Waals surface area (Å²) in [7, 11) is 0. The van der Waals surface area contributed by atoms with E-state index in [2.05, 4.69) is 10.2 Å². The van der Waals surface area contributed by atoms with Crippen LogP contribution in [0.2, 0.25) is 5.02 Å². The molecule has 0 radical (unpaired) electrons. The molecule has 1 aliphatic rings. The smallest absolute Gasteiger partial charge is 0.241 e. The minimum atomic E-state index is -0.102. The molecule has 1 atom stereocenters. The standard InChI is InChI=1S/C15H21ClN2O/c1-12(18-10-6-2-3-7-11-18)15(19)17-14-9-5-4-8-13(14)16/h4-5,8-9,12H,2-3,6-7,10-11H2,1H3,(H,17,19)/t12-/m1/s1. The van der Waals surface area contributed by atoms with Gasteiger partial charge in [0.05, 0.1) is 16.8 Å². The van der Waals surface area contributed by atoms with Crippen molar-refractivity contribution in [3.05, 3.63) is 29.3 Å². The Morgan fingerprint density at radius 1 is 1.21 bits per heavy atom. The predicted octanol–water partition coefficient (Wildman–Crippen LogP) is 3.54. The number of carbonyl (C=O) groups excluding carboxylic acids is 1. The van der Waals surface area contributed by atoms with Crippen LogP contribution in [0.1, 0.15) is 32.6 Å². The minimum absolute atomic E-state index is 0.0231. The molecule has 1 aliphatic heterocycles. The number of para-hydroxylation sites is 1. The molecule has 0 saturated carbocycles. The number of rotatable bonds is 3. The first-order valence-corrected chi connectivity index (χ1v) is 7.36. The molecular weight excluding hydrogens is 260 g/mol. The fourth-order valence-electron chi connectivity index (χ4n) is 2.45. The minimum Gasteiger partial charge on any atom is -0.323 e. The molecule has 1 saturated heterocycles. The van der Waals surface area contributed by atoms with E-state index in [0.29, 0.717) is 10.7 Å². The number of nitrogens with zero attached hydrogens (tertiary/aromatic N) is 1. The number of nitrogens with one attached hydrogen (secondary N) is 1. The van der Waals surface area contributed by atoms with Crippen molar-refractivity contribution in [3.63, 3.8) is 0 Å². The van der Waals surface area contributed by atoms with Crippen molar-refractivity contribution in [1.29, 1.82) is 0 Å². The fraction of sp³-hybridized carbons (Fsp3) is 0.533. The van der Waals surface area contributed by atoms with Crippen LogP contribution in [0.4, 0.5) is 5.69 Å². The van der Waals surface area contributed by atoms with Gasteiger partial charge in [0.15, 0.2) is 0 Å². The second-order valence-electron chi connectivity index (χ2n) is 5.10. The van der Waals surface area contributed by atoms with Gasteiger partial charge in [-0.05, 0) is 45.0 Å². The predicted molar refractivity (Wildman–Crippen MR) is 79.6 cm³/mol. The summed E-state index contributed by atoms with van der Waals surface area (Å²) in [6, 6.07) is 7.24. The fourth-order valence-corrected chi connectivity index (χ4v) is 2.63. The van der Waals surface area contributed by atoms with Gasteiger partial charge in [0.1, 0.15) is 0 Å². The van der Waals surface area contributed by atoms with Gasteiger partial charge in [0.25, 0.3) is 0 Å². The molecule has 0 spiro atoms. The number of anilines is 1. The molecule has 1 aromatic rings. The van der Waals surface area contributed by atoms with Gasteiger partial charge in [-0.15, -0.1) is 0 Å². The van der Waals surface area contributed by atoms with Crippen molar-refractivity contribution < 1.29 is 4.79 Å². The maximum absolute atomic E-state index is 12.3. The largest absolute Gasteiger partial charge is 0.323 e. The quantitative estimate of drug-likeness (QED) is 0.918. The molecule has 0 aliphatic carbocycles. The number of hydrogen-bond donors (Lipinski definition) is 1. The lowest BCUT2D eigenvalue weighted by Crippen LogP contribution is -2.42. The topological polar surface area (TPSA) is 32.3 Å². The molecule has 0 aromatic heterocycles. The zero-order chi connectivity index (χ0) is 13.7. The van der Waals surface area contributed by atoms with E-state index >= 15 is 0 Å². The molecule has 4 heteroatoms. The number of hydrogen-bond acceptors (Lipinski definition) is 2. The zero-order valence-electron chi connectivity index (χ0n) is 11.4. The lowest BCUT2D eigenvalue weighted by atomic mass is 10.2. The lowest BCUT2D eigenvalue weighted by Gasteiger charge is -2.26. The highest BCUT2D eigenvalue weighted by Crippen LogP contribution is 2.21. The van der Waals surface area contributed by atoms with Crippen LogP contribution >= 0.6 is 11.6 Å². The Bertz CT molecular complexity index is 428. The summed E-state index contributed by atoms with van der Waals surface area (Å²) in [6.45, 7) is 3.99. The first-order chi connectivity index (χ1) is 9.18. The van der Waals surface area contributed by atoms with Crippen LogP contribution < -0.4 is 5.32 Å². The monoisotopic (exact) mass is 280 g/mol. The maximum atomic E-state index is 12.3. The molecule has 104 valence electrons. The number of amides is 1. The number of benzene rings is 1. The molecule has 1 aromatic carbocycles. The van der Waals surface area contributed by atoms with Crippen molar-refractivity contribution >= 4 is 23.2 Å². The third-order valence-corrected chi connectivity index (χ3v) is 4.03. The summed E-state index contributed by atoms with van der Waals surface area (Å²) in [5, 5.41) is 3.50. The summed E-state index contributed by atoms with van der Waals surface area (Å²) >= 11 is 6.06. The molecule has 1 fully saturated rings. The van der Waals surface area contributed by atoms with E-state index in [1.165, 1.54) is 25.7 Å². The lowest BCUT2D eigenvalue weighted by molar-refractivity contribution is -0.120. The van der Waals surface area contributed by atoms with Gasteiger partial charge in [0, 0.05) is 0 Å². The van der Waals surface area contributed by atoms with E-state index in [9.17, 15) is 4.79 Å². The highest BCUT2D eigenvalue weighted by Gasteiger charge is 2.22. The van der Waals surface area contributed by atoms with Gasteiger partial charge in [-0.1, -0.05) is 36.6 Å². The average Bonchev–Trinajstić information content (AvgIpc) is 2.69. The van der Waals surface area contributed by atoms with Crippen molar-refractivity contribution in [2.45, 2.75) is 38.6 Å². The maximum Gasteiger partial charge on any atom is 0.241 e. The van der Waals surface area contributed by atoms with E-state index in [-0.39, 0.29) is 11.9 Å². The van der Waals surface area contributed by atoms with E-state index in [0.717, 1.165) is 13.1 Å². The zero-order valence-corrected chi connectivity index (χ0v) is 12.1. The second kappa shape index (κ2) is 6.92. The molecule has 1 N–H and O–H groups in total. The summed E-state index contributed by atoms with van der Waals surface area (Å²) in [5.74, 6) is 0.0231. The SMILES string of the molecule is C[C@H](C(=O)Nc1ccccc1Cl)N1CCCCCC1. The van der Waals surface area contributed by atoms with Crippen molar-refractivity contribution in [2.75, 3.05) is 18.4 Å². The Kier molecular flexibility index (Phi) is 5.23. The van der Waals surface area contributed by atoms with E-state index in [1.54, 1.807) is 6.07 Å². The second-order valence-corrected chi connectivity index (χ2v) is 5.50. The van der Waals surface area contributed by atoms with Gasteiger partial charge < -0.3 is 5.32 Å². The number of halogens is 1. The third kappa shape index (κ3) is 3.95.